The number of benzene rings is 1. The van der Waals surface area contributed by atoms with E-state index in [2.05, 4.69) is 15.2 Å². The van der Waals surface area contributed by atoms with Crippen LogP contribution in [-0.4, -0.2) is 44.6 Å². The van der Waals surface area contributed by atoms with Gasteiger partial charge >= 0.3 is 5.97 Å². The Morgan fingerprint density at radius 3 is 2.80 bits per heavy atom. The molecule has 2 aromatic rings. The largest absolute Gasteiger partial charge is 0.478 e. The van der Waals surface area contributed by atoms with Gasteiger partial charge in [0.05, 0.1) is 11.3 Å². The normalized spacial score (nSPS) is 10.9. The van der Waals surface area contributed by atoms with Crippen molar-refractivity contribution in [2.45, 2.75) is 13.0 Å². The van der Waals surface area contributed by atoms with Gasteiger partial charge in [-0.3, -0.25) is 4.68 Å². The maximum absolute atomic E-state index is 11.1. The molecule has 0 radical (unpaired) electrons. The van der Waals surface area contributed by atoms with Crippen molar-refractivity contribution in [1.29, 1.82) is 0 Å². The van der Waals surface area contributed by atoms with E-state index in [1.807, 2.05) is 32.4 Å². The summed E-state index contributed by atoms with van der Waals surface area (Å²) in [6.45, 7) is 1.46. The number of aryl methyl sites for hydroxylation is 1. The summed E-state index contributed by atoms with van der Waals surface area (Å²) in [7, 11) is 3.82. The highest BCUT2D eigenvalue weighted by Crippen LogP contribution is 2.10. The molecule has 1 heterocycles. The molecule has 106 valence electrons. The van der Waals surface area contributed by atoms with E-state index in [-0.39, 0.29) is 0 Å². The predicted molar refractivity (Wildman–Crippen MR) is 74.4 cm³/mol. The zero-order valence-corrected chi connectivity index (χ0v) is 11.7. The molecule has 0 bridgehead atoms. The van der Waals surface area contributed by atoms with Crippen molar-refractivity contribution in [3.05, 3.63) is 47.3 Å². The first kappa shape index (κ1) is 14.2. The first-order valence-corrected chi connectivity index (χ1v) is 6.41. The van der Waals surface area contributed by atoms with Crippen molar-refractivity contribution in [3.63, 3.8) is 0 Å². The highest BCUT2D eigenvalue weighted by Gasteiger charge is 2.10. The molecule has 2 rings (SSSR count). The molecule has 0 saturated carbocycles. The molecule has 1 N–H and O–H groups in total. The van der Waals surface area contributed by atoms with E-state index >= 15 is 0 Å². The Morgan fingerprint density at radius 1 is 1.40 bits per heavy atom. The van der Waals surface area contributed by atoms with E-state index in [0.717, 1.165) is 17.8 Å². The average molecular weight is 274 g/mol. The van der Waals surface area contributed by atoms with Gasteiger partial charge in [0.2, 0.25) is 0 Å². The number of aromatic nitrogens is 3. The van der Waals surface area contributed by atoms with E-state index in [0.29, 0.717) is 18.5 Å². The van der Waals surface area contributed by atoms with Gasteiger partial charge in [0.15, 0.2) is 0 Å². The van der Waals surface area contributed by atoms with Gasteiger partial charge in [0.1, 0.15) is 0 Å². The number of hydrogen-bond donors (Lipinski definition) is 1. The maximum Gasteiger partial charge on any atom is 0.335 e. The smallest absolute Gasteiger partial charge is 0.335 e. The molecule has 1 aromatic heterocycles. The van der Waals surface area contributed by atoms with Crippen LogP contribution in [0.4, 0.5) is 0 Å². The Labute approximate surface area is 117 Å². The van der Waals surface area contributed by atoms with Crippen molar-refractivity contribution in [3.8, 4) is 0 Å². The maximum atomic E-state index is 11.1. The molecule has 6 nitrogen and oxygen atoms in total. The third-order valence-electron chi connectivity index (χ3n) is 3.09. The summed E-state index contributed by atoms with van der Waals surface area (Å²) in [4.78, 5) is 13.2. The lowest BCUT2D eigenvalue weighted by Gasteiger charge is -2.15. The number of aromatic carboxylic acids is 1. The Morgan fingerprint density at radius 2 is 2.15 bits per heavy atom. The Balaban J connectivity index is 1.93. The summed E-state index contributed by atoms with van der Waals surface area (Å²) in [5, 5.41) is 17.1. The van der Waals surface area contributed by atoms with Gasteiger partial charge in [-0.05, 0) is 25.1 Å². The second-order valence-electron chi connectivity index (χ2n) is 4.83. The molecule has 0 fully saturated rings. The third kappa shape index (κ3) is 3.64. The summed E-state index contributed by atoms with van der Waals surface area (Å²) in [5.74, 6) is -0.878. The first-order chi connectivity index (χ1) is 9.56. The lowest BCUT2D eigenvalue weighted by molar-refractivity contribution is 0.0695. The van der Waals surface area contributed by atoms with Crippen molar-refractivity contribution in [2.75, 3.05) is 13.6 Å². The van der Waals surface area contributed by atoms with Crippen LogP contribution in [0.3, 0.4) is 0 Å². The molecule has 6 heteroatoms. The molecular formula is C14H18N4O2. The molecular weight excluding hydrogens is 256 g/mol. The highest BCUT2D eigenvalue weighted by molar-refractivity contribution is 5.89. The van der Waals surface area contributed by atoms with Gasteiger partial charge in [-0.15, -0.1) is 5.10 Å². The van der Waals surface area contributed by atoms with Crippen LogP contribution < -0.4 is 0 Å². The fourth-order valence-electron chi connectivity index (χ4n) is 2.08. The summed E-state index contributed by atoms with van der Waals surface area (Å²) in [6, 6.07) is 7.11. The lowest BCUT2D eigenvalue weighted by atomic mass is 10.0. The fraction of sp³-hybridized carbons (Fsp3) is 0.357. The summed E-state index contributed by atoms with van der Waals surface area (Å²) < 4.78 is 1.67. The van der Waals surface area contributed by atoms with Gasteiger partial charge in [0, 0.05) is 26.3 Å². The molecule has 0 amide bonds. The van der Waals surface area contributed by atoms with Crippen molar-refractivity contribution < 1.29 is 9.90 Å². The van der Waals surface area contributed by atoms with E-state index in [1.165, 1.54) is 0 Å². The molecule has 1 aromatic carbocycles. The van der Waals surface area contributed by atoms with Gasteiger partial charge in [-0.1, -0.05) is 23.4 Å². The number of likely N-dealkylation sites (N-methyl/N-ethyl adjacent to an activating group) is 1. The van der Waals surface area contributed by atoms with E-state index in [4.69, 9.17) is 5.11 Å². The van der Waals surface area contributed by atoms with Crippen molar-refractivity contribution >= 4 is 5.97 Å². The molecule has 0 unspecified atom stereocenters. The van der Waals surface area contributed by atoms with Crippen molar-refractivity contribution in [1.82, 2.24) is 19.9 Å². The van der Waals surface area contributed by atoms with Crippen LogP contribution >= 0.6 is 0 Å². The number of hydrogen-bond acceptors (Lipinski definition) is 4. The topological polar surface area (TPSA) is 71.2 Å². The predicted octanol–water partition coefficient (Wildman–Crippen LogP) is 1.19. The second kappa shape index (κ2) is 6.29. The number of carbonyl (C=O) groups is 1. The quantitative estimate of drug-likeness (QED) is 0.856. The Hall–Kier alpha value is -2.21. The molecule has 0 aliphatic rings. The lowest BCUT2D eigenvalue weighted by Crippen LogP contribution is -2.21. The van der Waals surface area contributed by atoms with E-state index in [1.54, 1.807) is 16.8 Å². The zero-order valence-electron chi connectivity index (χ0n) is 11.7. The minimum atomic E-state index is -0.878. The highest BCUT2D eigenvalue weighted by atomic mass is 16.4. The van der Waals surface area contributed by atoms with E-state index < -0.39 is 5.97 Å². The minimum Gasteiger partial charge on any atom is -0.478 e. The molecule has 0 saturated heterocycles. The van der Waals surface area contributed by atoms with E-state index in [9.17, 15) is 4.79 Å². The van der Waals surface area contributed by atoms with Crippen LogP contribution in [0.5, 0.6) is 0 Å². The van der Waals surface area contributed by atoms with Crippen LogP contribution in [0.2, 0.25) is 0 Å². The summed E-state index contributed by atoms with van der Waals surface area (Å²) >= 11 is 0. The fourth-order valence-corrected chi connectivity index (χ4v) is 2.08. The van der Waals surface area contributed by atoms with Crippen LogP contribution in [0, 0.1) is 0 Å². The molecule has 0 atom stereocenters. The molecule has 0 spiro atoms. The van der Waals surface area contributed by atoms with Gasteiger partial charge in [-0.2, -0.15) is 0 Å². The summed E-state index contributed by atoms with van der Waals surface area (Å²) in [6.07, 6.45) is 2.57. The standard InChI is InChI=1S/C14H18N4O2/c1-17(9-12-10-18(2)16-15-12)8-7-11-5-3-4-6-13(11)14(19)20/h3-6,10H,7-9H2,1-2H3,(H,19,20). The third-order valence-corrected chi connectivity index (χ3v) is 3.09. The minimum absolute atomic E-state index is 0.375. The SMILES string of the molecule is CN(CCc1ccccc1C(=O)O)Cc1cn(C)nn1. The van der Waals surface area contributed by atoms with Crippen LogP contribution in [0.15, 0.2) is 30.5 Å². The van der Waals surface area contributed by atoms with Crippen LogP contribution in [0.25, 0.3) is 0 Å². The van der Waals surface area contributed by atoms with Gasteiger partial charge in [-0.25, -0.2) is 4.79 Å². The Kier molecular flexibility index (Phi) is 4.47. The van der Waals surface area contributed by atoms with Gasteiger partial charge in [0.25, 0.3) is 0 Å². The average Bonchev–Trinajstić information content (AvgIpc) is 2.82. The number of rotatable bonds is 6. The zero-order chi connectivity index (χ0) is 14.5. The molecule has 0 aliphatic heterocycles. The van der Waals surface area contributed by atoms with Crippen LogP contribution in [-0.2, 0) is 20.0 Å². The molecule has 20 heavy (non-hydrogen) atoms. The van der Waals surface area contributed by atoms with Crippen LogP contribution in [0.1, 0.15) is 21.6 Å². The number of carboxylic acid groups (broad SMARTS) is 1. The van der Waals surface area contributed by atoms with Gasteiger partial charge < -0.3 is 10.0 Å². The first-order valence-electron chi connectivity index (χ1n) is 6.41. The monoisotopic (exact) mass is 274 g/mol. The number of carboxylic acids is 1. The van der Waals surface area contributed by atoms with Crippen molar-refractivity contribution in [2.24, 2.45) is 7.05 Å². The summed E-state index contributed by atoms with van der Waals surface area (Å²) in [5.41, 5.74) is 2.13. The Bertz CT molecular complexity index is 594. The number of nitrogens with zero attached hydrogens (tertiary/aromatic N) is 4. The molecule has 0 aliphatic carbocycles. The second-order valence-corrected chi connectivity index (χ2v) is 4.83.